The molecule has 0 N–H and O–H groups in total. The van der Waals surface area contributed by atoms with Crippen molar-refractivity contribution < 1.29 is 0 Å². The highest BCUT2D eigenvalue weighted by Crippen LogP contribution is 2.40. The van der Waals surface area contributed by atoms with Crippen molar-refractivity contribution in [2.45, 2.75) is 40.0 Å². The number of hydrogen-bond acceptors (Lipinski definition) is 1. The molecule has 0 aromatic heterocycles. The molecule has 1 heteroatoms. The number of hydrogen-bond donors (Lipinski definition) is 0. The summed E-state index contributed by atoms with van der Waals surface area (Å²) in [4.78, 5) is 0. The summed E-state index contributed by atoms with van der Waals surface area (Å²) in [6.07, 6.45) is 7.55. The fourth-order valence-corrected chi connectivity index (χ4v) is 2.21. The molecule has 1 aliphatic carbocycles. The van der Waals surface area contributed by atoms with Crippen LogP contribution in [0.2, 0.25) is 0 Å². The van der Waals surface area contributed by atoms with Gasteiger partial charge in [-0.3, -0.25) is 0 Å². The second kappa shape index (κ2) is 4.85. The van der Waals surface area contributed by atoms with E-state index < -0.39 is 0 Å². The topological polar surface area (TPSA) is 23.8 Å². The first kappa shape index (κ1) is 11.6. The van der Waals surface area contributed by atoms with Crippen LogP contribution in [0.3, 0.4) is 0 Å². The van der Waals surface area contributed by atoms with E-state index >= 15 is 0 Å². The zero-order valence-electron chi connectivity index (χ0n) is 9.72. The molecular formula is C14H17N. The Balaban J connectivity index is 2.91. The van der Waals surface area contributed by atoms with Crippen LogP contribution in [-0.2, 0) is 0 Å². The van der Waals surface area contributed by atoms with Crippen LogP contribution in [0.25, 0.3) is 0 Å². The highest BCUT2D eigenvalue weighted by atomic mass is 14.3. The molecule has 1 rings (SSSR count). The molecule has 0 amide bonds. The van der Waals surface area contributed by atoms with Gasteiger partial charge in [0.25, 0.3) is 0 Å². The van der Waals surface area contributed by atoms with E-state index in [1.807, 2.05) is 6.07 Å². The minimum absolute atomic E-state index is 0.257. The van der Waals surface area contributed by atoms with Crippen LogP contribution in [0.15, 0.2) is 23.3 Å². The monoisotopic (exact) mass is 199 g/mol. The summed E-state index contributed by atoms with van der Waals surface area (Å²) in [7, 11) is 0. The van der Waals surface area contributed by atoms with E-state index in [9.17, 15) is 0 Å². The van der Waals surface area contributed by atoms with Gasteiger partial charge >= 0.3 is 0 Å². The van der Waals surface area contributed by atoms with Crippen LogP contribution in [0, 0.1) is 28.6 Å². The zero-order chi connectivity index (χ0) is 11.3. The number of nitrogens with zero attached hydrogens (tertiary/aromatic N) is 1. The van der Waals surface area contributed by atoms with Gasteiger partial charge in [-0.05, 0) is 43.3 Å². The maximum Gasteiger partial charge on any atom is 0.152 e. The summed E-state index contributed by atoms with van der Waals surface area (Å²) in [5.74, 6) is 5.09. The highest BCUT2D eigenvalue weighted by molar-refractivity contribution is 5.37. The highest BCUT2D eigenvalue weighted by Gasteiger charge is 2.26. The van der Waals surface area contributed by atoms with E-state index in [4.69, 9.17) is 5.26 Å². The molecule has 78 valence electrons. The summed E-state index contributed by atoms with van der Waals surface area (Å²) >= 11 is 0. The maximum absolute atomic E-state index is 8.29. The lowest BCUT2D eigenvalue weighted by Gasteiger charge is -2.32. The fourth-order valence-electron chi connectivity index (χ4n) is 2.21. The van der Waals surface area contributed by atoms with Gasteiger partial charge in [0, 0.05) is 5.92 Å². The smallest absolute Gasteiger partial charge is 0.152 e. The maximum atomic E-state index is 8.29. The molecule has 15 heavy (non-hydrogen) atoms. The van der Waals surface area contributed by atoms with Crippen molar-refractivity contribution in [3.63, 3.8) is 0 Å². The van der Waals surface area contributed by atoms with E-state index in [0.29, 0.717) is 0 Å². The largest absolute Gasteiger partial charge is 0.183 e. The quantitative estimate of drug-likeness (QED) is 0.592. The Kier molecular flexibility index (Phi) is 3.75. The van der Waals surface area contributed by atoms with E-state index in [1.165, 1.54) is 30.4 Å². The SMILES string of the molecule is CC1=C(/C=C/C#CC#N)C(C)(C)CCC1. The number of allylic oxidation sites excluding steroid dienone is 4. The Morgan fingerprint density at radius 2 is 2.13 bits per heavy atom. The molecule has 0 aromatic carbocycles. The predicted molar refractivity (Wildman–Crippen MR) is 62.9 cm³/mol. The second-order valence-electron chi connectivity index (χ2n) is 4.65. The summed E-state index contributed by atoms with van der Waals surface area (Å²) in [6.45, 7) is 6.73. The van der Waals surface area contributed by atoms with E-state index in [-0.39, 0.29) is 5.41 Å². The molecule has 0 radical (unpaired) electrons. The summed E-state index contributed by atoms with van der Waals surface area (Å²) < 4.78 is 0. The van der Waals surface area contributed by atoms with Crippen molar-refractivity contribution in [1.82, 2.24) is 0 Å². The third kappa shape index (κ3) is 3.00. The standard InChI is InChI=1S/C14H17N/c1-12-8-7-10-14(2,3)13(12)9-5-4-6-11-15/h5,9H,7-8,10H2,1-3H3/b9-5+. The summed E-state index contributed by atoms with van der Waals surface area (Å²) in [5, 5.41) is 8.29. The predicted octanol–water partition coefficient (Wildman–Crippen LogP) is 3.60. The minimum atomic E-state index is 0.257. The van der Waals surface area contributed by atoms with Crippen LogP contribution >= 0.6 is 0 Å². The lowest BCUT2D eigenvalue weighted by molar-refractivity contribution is 0.377. The van der Waals surface area contributed by atoms with E-state index in [1.54, 1.807) is 6.08 Å². The number of rotatable bonds is 1. The molecule has 0 saturated carbocycles. The lowest BCUT2D eigenvalue weighted by atomic mass is 9.73. The average Bonchev–Trinajstić information content (AvgIpc) is 2.15. The Morgan fingerprint density at radius 3 is 2.73 bits per heavy atom. The molecule has 0 aliphatic heterocycles. The fraction of sp³-hybridized carbons (Fsp3) is 0.500. The van der Waals surface area contributed by atoms with Crippen LogP contribution in [-0.4, -0.2) is 0 Å². The molecule has 0 aromatic rings. The third-order valence-electron chi connectivity index (χ3n) is 3.00. The van der Waals surface area contributed by atoms with Gasteiger partial charge in [-0.1, -0.05) is 31.4 Å². The molecule has 1 aliphatic rings. The summed E-state index contributed by atoms with van der Waals surface area (Å²) in [6, 6.07) is 1.81. The molecular weight excluding hydrogens is 182 g/mol. The Hall–Kier alpha value is -1.47. The van der Waals surface area contributed by atoms with Crippen molar-refractivity contribution >= 4 is 0 Å². The molecule has 1 nitrogen and oxygen atoms in total. The van der Waals surface area contributed by atoms with Crippen molar-refractivity contribution in [3.05, 3.63) is 23.3 Å². The van der Waals surface area contributed by atoms with Crippen molar-refractivity contribution in [1.29, 1.82) is 5.26 Å². The molecule has 0 atom stereocenters. The van der Waals surface area contributed by atoms with Gasteiger partial charge in [0.2, 0.25) is 0 Å². The first-order valence-electron chi connectivity index (χ1n) is 5.34. The van der Waals surface area contributed by atoms with Gasteiger partial charge in [-0.15, -0.1) is 0 Å². The molecule has 0 bridgehead atoms. The van der Waals surface area contributed by atoms with Gasteiger partial charge in [0.05, 0.1) is 0 Å². The van der Waals surface area contributed by atoms with Gasteiger partial charge in [-0.2, -0.15) is 5.26 Å². The molecule has 0 fully saturated rings. The van der Waals surface area contributed by atoms with E-state index in [2.05, 4.69) is 38.7 Å². The Bertz CT molecular complexity index is 391. The molecule has 0 saturated heterocycles. The van der Waals surface area contributed by atoms with Crippen LogP contribution in [0.4, 0.5) is 0 Å². The van der Waals surface area contributed by atoms with Crippen molar-refractivity contribution in [2.24, 2.45) is 5.41 Å². The van der Waals surface area contributed by atoms with Crippen LogP contribution in [0.1, 0.15) is 40.0 Å². The second-order valence-corrected chi connectivity index (χ2v) is 4.65. The van der Waals surface area contributed by atoms with Crippen molar-refractivity contribution in [2.75, 3.05) is 0 Å². The zero-order valence-corrected chi connectivity index (χ0v) is 9.72. The third-order valence-corrected chi connectivity index (χ3v) is 3.00. The molecule has 0 unspecified atom stereocenters. The molecule has 0 spiro atoms. The van der Waals surface area contributed by atoms with Crippen LogP contribution in [0.5, 0.6) is 0 Å². The van der Waals surface area contributed by atoms with Gasteiger partial charge < -0.3 is 0 Å². The Labute approximate surface area is 92.5 Å². The van der Waals surface area contributed by atoms with Gasteiger partial charge in [0.1, 0.15) is 0 Å². The first-order chi connectivity index (χ1) is 7.08. The summed E-state index contributed by atoms with van der Waals surface area (Å²) in [5.41, 5.74) is 3.11. The Morgan fingerprint density at radius 1 is 1.40 bits per heavy atom. The average molecular weight is 199 g/mol. The minimum Gasteiger partial charge on any atom is -0.183 e. The van der Waals surface area contributed by atoms with Crippen molar-refractivity contribution in [3.8, 4) is 17.9 Å². The lowest BCUT2D eigenvalue weighted by Crippen LogP contribution is -2.18. The van der Waals surface area contributed by atoms with Crippen LogP contribution < -0.4 is 0 Å². The first-order valence-corrected chi connectivity index (χ1v) is 5.34. The van der Waals surface area contributed by atoms with E-state index in [0.717, 1.165) is 0 Å². The van der Waals surface area contributed by atoms with Gasteiger partial charge in [-0.25, -0.2) is 0 Å². The normalized spacial score (nSPS) is 19.6. The molecule has 0 heterocycles. The number of nitriles is 1. The van der Waals surface area contributed by atoms with Gasteiger partial charge in [0.15, 0.2) is 6.07 Å².